The fraction of sp³-hybridized carbons (Fsp3) is 0.667. The van der Waals surface area contributed by atoms with Crippen molar-refractivity contribution < 1.29 is 31.1 Å². The predicted octanol–water partition coefficient (Wildman–Crippen LogP) is 0.0647. The topological polar surface area (TPSA) is 104 Å². The van der Waals surface area contributed by atoms with Gasteiger partial charge in [-0.25, -0.2) is 12.7 Å². The Bertz CT molecular complexity index is 701. The summed E-state index contributed by atoms with van der Waals surface area (Å²) in [4.78, 5) is 12.0. The Morgan fingerprint density at radius 1 is 1.46 bits per heavy atom. The molecule has 12 heteroatoms. The Morgan fingerprint density at radius 2 is 2.12 bits per heavy atom. The minimum atomic E-state index is -4.63. The molecule has 0 bridgehead atoms. The third-order valence-electron chi connectivity index (χ3n) is 3.61. The number of alkyl halides is 3. The molecule has 0 saturated carbocycles. The van der Waals surface area contributed by atoms with E-state index >= 15 is 0 Å². The van der Waals surface area contributed by atoms with E-state index in [-0.39, 0.29) is 19.0 Å². The lowest BCUT2D eigenvalue weighted by Crippen LogP contribution is -2.43. The maximum atomic E-state index is 12.5. The second-order valence-electron chi connectivity index (χ2n) is 5.60. The van der Waals surface area contributed by atoms with Gasteiger partial charge in [0, 0.05) is 26.1 Å². The van der Waals surface area contributed by atoms with E-state index in [9.17, 15) is 26.4 Å². The Labute approximate surface area is 136 Å². The molecule has 0 aromatic carbocycles. The van der Waals surface area contributed by atoms with Crippen molar-refractivity contribution in [2.24, 2.45) is 5.92 Å². The molecule has 1 aromatic rings. The molecule has 1 aliphatic heterocycles. The maximum Gasteiger partial charge on any atom is 0.432 e. The van der Waals surface area contributed by atoms with Gasteiger partial charge in [-0.15, -0.1) is 0 Å². The number of rotatable bonds is 5. The zero-order valence-corrected chi connectivity index (χ0v) is 13.7. The molecule has 136 valence electrons. The summed E-state index contributed by atoms with van der Waals surface area (Å²) in [7, 11) is -0.719. The number of hydrogen-bond acceptors (Lipinski definition) is 5. The van der Waals surface area contributed by atoms with Gasteiger partial charge in [-0.05, 0) is 0 Å². The third kappa shape index (κ3) is 4.24. The minimum absolute atomic E-state index is 0.0793. The highest BCUT2D eigenvalue weighted by Crippen LogP contribution is 2.27. The van der Waals surface area contributed by atoms with Crippen LogP contribution in [0.5, 0.6) is 0 Å². The Hall–Kier alpha value is -1.66. The zero-order chi connectivity index (χ0) is 18.1. The van der Waals surface area contributed by atoms with Gasteiger partial charge in [-0.1, -0.05) is 0 Å². The first-order valence-electron chi connectivity index (χ1n) is 6.92. The molecule has 2 atom stereocenters. The van der Waals surface area contributed by atoms with Crippen LogP contribution in [0.2, 0.25) is 0 Å². The summed E-state index contributed by atoms with van der Waals surface area (Å²) in [5, 5.41) is 7.55. The largest absolute Gasteiger partial charge is 0.432 e. The van der Waals surface area contributed by atoms with Crippen LogP contribution in [0.25, 0.3) is 0 Å². The molecule has 0 unspecified atom stereocenters. The molecule has 1 fully saturated rings. The van der Waals surface area contributed by atoms with Crippen molar-refractivity contribution in [1.82, 2.24) is 19.8 Å². The van der Waals surface area contributed by atoms with E-state index in [2.05, 4.69) is 10.4 Å². The second kappa shape index (κ2) is 6.69. The number of nitrogens with one attached hydrogen (secondary N) is 2. The average molecular weight is 370 g/mol. The fourth-order valence-electron chi connectivity index (χ4n) is 2.17. The number of H-pyrrole nitrogens is 1. The zero-order valence-electron chi connectivity index (χ0n) is 12.9. The van der Waals surface area contributed by atoms with Gasteiger partial charge < -0.3 is 10.1 Å². The van der Waals surface area contributed by atoms with Crippen LogP contribution in [0.3, 0.4) is 0 Å². The number of carbonyl (C=O) groups excluding carboxylic acids is 1. The minimum Gasteiger partial charge on any atom is -0.379 e. The highest BCUT2D eigenvalue weighted by molar-refractivity contribution is 7.89. The van der Waals surface area contributed by atoms with Gasteiger partial charge in [0.05, 0.1) is 25.0 Å². The molecule has 2 heterocycles. The van der Waals surface area contributed by atoms with E-state index in [1.54, 1.807) is 5.10 Å². The fourth-order valence-corrected chi connectivity index (χ4v) is 3.34. The highest BCUT2D eigenvalue weighted by Gasteiger charge is 2.36. The quantitative estimate of drug-likeness (QED) is 0.763. The number of sulfonamides is 1. The number of halogens is 3. The molecule has 1 saturated heterocycles. The first-order valence-corrected chi connectivity index (χ1v) is 8.53. The number of carbonyl (C=O) groups is 1. The lowest BCUT2D eigenvalue weighted by molar-refractivity contribution is -0.141. The maximum absolute atomic E-state index is 12.5. The first-order chi connectivity index (χ1) is 11.0. The van der Waals surface area contributed by atoms with Gasteiger partial charge in [0.2, 0.25) is 10.0 Å². The number of aromatic amines is 1. The number of ether oxygens (including phenoxy) is 1. The summed E-state index contributed by atoms with van der Waals surface area (Å²) in [6, 6.07) is -0.0326. The van der Waals surface area contributed by atoms with E-state index in [1.807, 2.05) is 0 Å². The molecule has 1 aromatic heterocycles. The molecule has 0 spiro atoms. The Morgan fingerprint density at radius 3 is 2.67 bits per heavy atom. The van der Waals surface area contributed by atoms with Crippen molar-refractivity contribution >= 4 is 15.9 Å². The monoisotopic (exact) mass is 370 g/mol. The third-order valence-corrected chi connectivity index (χ3v) is 5.57. The van der Waals surface area contributed by atoms with Crippen LogP contribution < -0.4 is 5.32 Å². The van der Waals surface area contributed by atoms with E-state index in [4.69, 9.17) is 4.74 Å². The number of aromatic nitrogens is 2. The van der Waals surface area contributed by atoms with Crippen molar-refractivity contribution in [1.29, 1.82) is 0 Å². The van der Waals surface area contributed by atoms with Crippen molar-refractivity contribution in [2.75, 3.05) is 33.1 Å². The number of amides is 1. The van der Waals surface area contributed by atoms with Gasteiger partial charge in [-0.2, -0.15) is 18.3 Å². The molecular formula is C12H17F3N4O4S. The number of nitrogens with zero attached hydrogens (tertiary/aromatic N) is 2. The van der Waals surface area contributed by atoms with E-state index in [0.29, 0.717) is 6.07 Å². The summed E-state index contributed by atoms with van der Waals surface area (Å²) < 4.78 is 67.6. The van der Waals surface area contributed by atoms with Crippen LogP contribution in [0.4, 0.5) is 13.2 Å². The van der Waals surface area contributed by atoms with Crippen LogP contribution in [0.15, 0.2) is 6.07 Å². The van der Waals surface area contributed by atoms with Gasteiger partial charge in [0.15, 0.2) is 5.69 Å². The van der Waals surface area contributed by atoms with Gasteiger partial charge >= 0.3 is 6.18 Å². The first kappa shape index (κ1) is 18.7. The molecule has 0 radical (unpaired) electrons. The van der Waals surface area contributed by atoms with Crippen molar-refractivity contribution in [3.05, 3.63) is 17.5 Å². The summed E-state index contributed by atoms with van der Waals surface area (Å²) in [5.41, 5.74) is -1.56. The van der Waals surface area contributed by atoms with Crippen molar-refractivity contribution in [3.8, 4) is 0 Å². The van der Waals surface area contributed by atoms with Crippen LogP contribution in [0.1, 0.15) is 16.2 Å². The SMILES string of the molecule is CN(C)S(=O)(=O)C[C@@H]1COC[C@@H]1NC(=O)c1cc(C(F)(F)F)[nH]n1. The molecule has 0 aliphatic carbocycles. The van der Waals surface area contributed by atoms with Crippen molar-refractivity contribution in [3.63, 3.8) is 0 Å². The Kier molecular flexibility index (Phi) is 5.20. The molecule has 24 heavy (non-hydrogen) atoms. The summed E-state index contributed by atoms with van der Waals surface area (Å²) in [6.07, 6.45) is -4.63. The van der Waals surface area contributed by atoms with Crippen LogP contribution in [-0.4, -0.2) is 67.9 Å². The summed E-state index contributed by atoms with van der Waals surface area (Å²) >= 11 is 0. The Balaban J connectivity index is 2.04. The van der Waals surface area contributed by atoms with Gasteiger partial charge in [0.25, 0.3) is 5.91 Å². The van der Waals surface area contributed by atoms with Crippen LogP contribution in [-0.2, 0) is 20.9 Å². The summed E-state index contributed by atoms with van der Waals surface area (Å²) in [5.74, 6) is -1.56. The van der Waals surface area contributed by atoms with Gasteiger partial charge in [-0.3, -0.25) is 9.89 Å². The highest BCUT2D eigenvalue weighted by atomic mass is 32.2. The molecule has 8 nitrogen and oxygen atoms in total. The summed E-state index contributed by atoms with van der Waals surface area (Å²) in [6.45, 7) is 0.211. The lowest BCUT2D eigenvalue weighted by Gasteiger charge is -2.20. The van der Waals surface area contributed by atoms with Crippen LogP contribution >= 0.6 is 0 Å². The molecular weight excluding hydrogens is 353 g/mol. The average Bonchev–Trinajstić information content (AvgIpc) is 3.07. The number of hydrogen-bond donors (Lipinski definition) is 2. The normalized spacial score (nSPS) is 22.1. The molecule has 1 amide bonds. The van der Waals surface area contributed by atoms with E-state index in [1.165, 1.54) is 14.1 Å². The molecule has 2 rings (SSSR count). The molecule has 2 N–H and O–H groups in total. The van der Waals surface area contributed by atoms with Crippen molar-refractivity contribution in [2.45, 2.75) is 12.2 Å². The van der Waals surface area contributed by atoms with Crippen LogP contribution in [0, 0.1) is 5.92 Å². The van der Waals surface area contributed by atoms with Gasteiger partial charge in [0.1, 0.15) is 5.69 Å². The lowest BCUT2D eigenvalue weighted by atomic mass is 10.1. The smallest absolute Gasteiger partial charge is 0.379 e. The van der Waals surface area contributed by atoms with E-state index in [0.717, 1.165) is 4.31 Å². The standard InChI is InChI=1S/C12H17F3N4O4S/c1-19(2)24(21,22)6-7-4-23-5-9(7)16-11(20)8-3-10(18-17-8)12(13,14)15/h3,7,9H,4-6H2,1-2H3,(H,16,20)(H,17,18)/t7-,9-/m0/s1. The van der Waals surface area contributed by atoms with E-state index < -0.39 is 45.5 Å². The predicted molar refractivity (Wildman–Crippen MR) is 76.6 cm³/mol. The molecule has 1 aliphatic rings. The second-order valence-corrected chi connectivity index (χ2v) is 7.83.